The average molecular weight is 446 g/mol. The summed E-state index contributed by atoms with van der Waals surface area (Å²) in [6.07, 6.45) is 10.3. The first kappa shape index (κ1) is 21.1. The average Bonchev–Trinajstić information content (AvgIpc) is 3.08. The maximum Gasteiger partial charge on any atom is 0.211 e. The highest BCUT2D eigenvalue weighted by molar-refractivity contribution is 7.88. The molecular weight excluding hydrogens is 418 g/mol. The Balaban J connectivity index is 1.42. The molecule has 9 heteroatoms. The van der Waals surface area contributed by atoms with Gasteiger partial charge in [-0.2, -0.15) is 4.31 Å². The number of nitrogens with one attached hydrogen (secondary N) is 1. The number of nitrogens with zero attached hydrogens (tertiary/aromatic N) is 4. The molecule has 3 heterocycles. The van der Waals surface area contributed by atoms with Gasteiger partial charge in [-0.3, -0.25) is 4.98 Å². The van der Waals surface area contributed by atoms with E-state index >= 15 is 0 Å². The van der Waals surface area contributed by atoms with Gasteiger partial charge >= 0.3 is 0 Å². The van der Waals surface area contributed by atoms with Crippen LogP contribution in [-0.4, -0.2) is 47.0 Å². The summed E-state index contributed by atoms with van der Waals surface area (Å²) in [5.41, 5.74) is 2.28. The van der Waals surface area contributed by atoms with Crippen molar-refractivity contribution in [2.75, 3.05) is 24.7 Å². The van der Waals surface area contributed by atoms with E-state index in [-0.39, 0.29) is 0 Å². The Morgan fingerprint density at radius 3 is 2.97 bits per heavy atom. The summed E-state index contributed by atoms with van der Waals surface area (Å²) in [6.45, 7) is 3.72. The molecule has 0 radical (unpaired) electrons. The molecule has 0 unspecified atom stereocenters. The third-order valence-corrected chi connectivity index (χ3v) is 7.93. The van der Waals surface area contributed by atoms with E-state index in [1.165, 1.54) is 27.4 Å². The van der Waals surface area contributed by atoms with Crippen LogP contribution in [-0.2, 0) is 29.4 Å². The standard InChI is InChI=1S/C21H27N5O2S2/c1-15-6-7-17-18(11-15)29-21-19(17)20(24-14-25-21)23-9-4-10-26(30(2,27)28)13-16-5-3-8-22-12-16/h3,5,8,12,14-15H,4,6-7,9-11,13H2,1-2H3,(H,23,24,25)/t15-/m1/s1. The molecule has 1 N–H and O–H groups in total. The molecule has 0 saturated heterocycles. The molecule has 0 amide bonds. The van der Waals surface area contributed by atoms with Gasteiger partial charge in [0.25, 0.3) is 0 Å². The number of hydrogen-bond donors (Lipinski definition) is 1. The van der Waals surface area contributed by atoms with Crippen LogP contribution in [0, 0.1) is 5.92 Å². The lowest BCUT2D eigenvalue weighted by molar-refractivity contribution is 0.406. The van der Waals surface area contributed by atoms with Crippen molar-refractivity contribution >= 4 is 37.4 Å². The summed E-state index contributed by atoms with van der Waals surface area (Å²) in [7, 11) is -3.30. The van der Waals surface area contributed by atoms with Gasteiger partial charge in [-0.25, -0.2) is 18.4 Å². The molecule has 160 valence electrons. The smallest absolute Gasteiger partial charge is 0.211 e. The van der Waals surface area contributed by atoms with Crippen molar-refractivity contribution < 1.29 is 8.42 Å². The van der Waals surface area contributed by atoms with Crippen LogP contribution >= 0.6 is 11.3 Å². The Labute approximate surface area is 181 Å². The zero-order valence-corrected chi connectivity index (χ0v) is 19.0. The number of hydrogen-bond acceptors (Lipinski definition) is 7. The Morgan fingerprint density at radius 1 is 1.33 bits per heavy atom. The molecule has 1 atom stereocenters. The minimum absolute atomic E-state index is 0.334. The number of thiophene rings is 1. The minimum Gasteiger partial charge on any atom is -0.369 e. The molecule has 0 bridgehead atoms. The lowest BCUT2D eigenvalue weighted by Crippen LogP contribution is -2.31. The highest BCUT2D eigenvalue weighted by atomic mass is 32.2. The maximum atomic E-state index is 12.2. The maximum absolute atomic E-state index is 12.2. The number of anilines is 1. The van der Waals surface area contributed by atoms with Crippen molar-refractivity contribution in [1.29, 1.82) is 0 Å². The largest absolute Gasteiger partial charge is 0.369 e. The van der Waals surface area contributed by atoms with Crippen molar-refractivity contribution in [3.8, 4) is 0 Å². The highest BCUT2D eigenvalue weighted by Gasteiger charge is 2.23. The lowest BCUT2D eigenvalue weighted by atomic mass is 9.89. The Hall–Kier alpha value is -2.10. The third kappa shape index (κ3) is 4.79. The van der Waals surface area contributed by atoms with Crippen LogP contribution in [0.4, 0.5) is 5.82 Å². The normalized spacial score (nSPS) is 16.7. The van der Waals surface area contributed by atoms with Gasteiger partial charge in [-0.1, -0.05) is 13.0 Å². The van der Waals surface area contributed by atoms with E-state index in [2.05, 4.69) is 27.2 Å². The van der Waals surface area contributed by atoms with E-state index in [0.717, 1.165) is 40.4 Å². The molecule has 3 aromatic rings. The van der Waals surface area contributed by atoms with Crippen LogP contribution in [0.15, 0.2) is 30.9 Å². The number of pyridine rings is 1. The summed E-state index contributed by atoms with van der Waals surface area (Å²) in [5.74, 6) is 1.59. The van der Waals surface area contributed by atoms with Crippen LogP contribution in [0.3, 0.4) is 0 Å². The molecule has 7 nitrogen and oxygen atoms in total. The van der Waals surface area contributed by atoms with E-state index in [0.29, 0.717) is 26.1 Å². The predicted molar refractivity (Wildman–Crippen MR) is 121 cm³/mol. The third-order valence-electron chi connectivity index (χ3n) is 5.52. The van der Waals surface area contributed by atoms with Crippen molar-refractivity contribution in [3.05, 3.63) is 46.9 Å². The number of aryl methyl sites for hydroxylation is 1. The van der Waals surface area contributed by atoms with Crippen molar-refractivity contribution in [1.82, 2.24) is 19.3 Å². The minimum atomic E-state index is -3.30. The Bertz CT molecular complexity index is 1120. The zero-order valence-electron chi connectivity index (χ0n) is 17.3. The number of sulfonamides is 1. The molecule has 0 spiro atoms. The summed E-state index contributed by atoms with van der Waals surface area (Å²) in [6, 6.07) is 3.71. The van der Waals surface area contributed by atoms with Gasteiger partial charge in [0.15, 0.2) is 0 Å². The molecule has 0 fully saturated rings. The molecule has 0 aromatic carbocycles. The van der Waals surface area contributed by atoms with E-state index in [9.17, 15) is 8.42 Å². The molecule has 1 aliphatic carbocycles. The van der Waals surface area contributed by atoms with Crippen molar-refractivity contribution in [3.63, 3.8) is 0 Å². The van der Waals surface area contributed by atoms with E-state index in [1.54, 1.807) is 30.1 Å². The SMILES string of the molecule is C[C@@H]1CCc2c(sc3ncnc(NCCCN(Cc4cccnc4)S(C)(=O)=O)c23)C1. The number of fused-ring (bicyclic) bond motifs is 3. The second-order valence-corrected chi connectivity index (χ2v) is 11.1. The van der Waals surface area contributed by atoms with Crippen molar-refractivity contribution in [2.45, 2.75) is 39.2 Å². The van der Waals surface area contributed by atoms with Crippen LogP contribution in [0.5, 0.6) is 0 Å². The second-order valence-electron chi connectivity index (χ2n) is 7.99. The molecular formula is C21H27N5O2S2. The van der Waals surface area contributed by atoms with Gasteiger partial charge in [-0.05, 0) is 48.8 Å². The van der Waals surface area contributed by atoms with Crippen LogP contribution < -0.4 is 5.32 Å². The summed E-state index contributed by atoms with van der Waals surface area (Å²) >= 11 is 1.78. The van der Waals surface area contributed by atoms with Gasteiger partial charge in [0.05, 0.1) is 11.6 Å². The van der Waals surface area contributed by atoms with Gasteiger partial charge in [0.1, 0.15) is 17.0 Å². The summed E-state index contributed by atoms with van der Waals surface area (Å²) in [5, 5.41) is 4.58. The number of rotatable bonds is 8. The fraction of sp³-hybridized carbons (Fsp3) is 0.476. The fourth-order valence-corrected chi connectivity index (χ4v) is 6.12. The first-order valence-electron chi connectivity index (χ1n) is 10.2. The van der Waals surface area contributed by atoms with Gasteiger partial charge in [-0.15, -0.1) is 11.3 Å². The van der Waals surface area contributed by atoms with Gasteiger partial charge in [0, 0.05) is 36.9 Å². The predicted octanol–water partition coefficient (Wildman–Crippen LogP) is 3.47. The Morgan fingerprint density at radius 2 is 2.20 bits per heavy atom. The lowest BCUT2D eigenvalue weighted by Gasteiger charge is -2.20. The monoisotopic (exact) mass is 445 g/mol. The quantitative estimate of drug-likeness (QED) is 0.534. The molecule has 0 saturated carbocycles. The first-order valence-corrected chi connectivity index (χ1v) is 12.9. The van der Waals surface area contributed by atoms with E-state index in [1.807, 2.05) is 12.1 Å². The topological polar surface area (TPSA) is 88.1 Å². The van der Waals surface area contributed by atoms with E-state index in [4.69, 9.17) is 0 Å². The van der Waals surface area contributed by atoms with Crippen LogP contribution in [0.2, 0.25) is 0 Å². The summed E-state index contributed by atoms with van der Waals surface area (Å²) in [4.78, 5) is 15.5. The highest BCUT2D eigenvalue weighted by Crippen LogP contribution is 2.39. The Kier molecular flexibility index (Phi) is 6.31. The molecule has 3 aromatic heterocycles. The molecule has 0 aliphatic heterocycles. The first-order chi connectivity index (χ1) is 14.4. The fourth-order valence-electron chi connectivity index (χ4n) is 3.93. The van der Waals surface area contributed by atoms with Crippen LogP contribution in [0.25, 0.3) is 10.2 Å². The number of aromatic nitrogens is 3. The van der Waals surface area contributed by atoms with Gasteiger partial charge in [0.2, 0.25) is 10.0 Å². The van der Waals surface area contributed by atoms with Crippen LogP contribution in [0.1, 0.15) is 35.8 Å². The van der Waals surface area contributed by atoms with Gasteiger partial charge < -0.3 is 5.32 Å². The van der Waals surface area contributed by atoms with E-state index < -0.39 is 10.0 Å². The van der Waals surface area contributed by atoms with Crippen molar-refractivity contribution in [2.24, 2.45) is 5.92 Å². The summed E-state index contributed by atoms with van der Waals surface area (Å²) < 4.78 is 25.9. The molecule has 4 rings (SSSR count). The zero-order chi connectivity index (χ0) is 21.1. The molecule has 1 aliphatic rings. The second kappa shape index (κ2) is 8.95. The molecule has 30 heavy (non-hydrogen) atoms.